The lowest BCUT2D eigenvalue weighted by atomic mass is 10.1. The first-order chi connectivity index (χ1) is 14.4. The molecule has 160 valence electrons. The van der Waals surface area contributed by atoms with Crippen molar-refractivity contribution in [3.05, 3.63) is 45.2 Å². The summed E-state index contributed by atoms with van der Waals surface area (Å²) in [6.45, 7) is 9.27. The van der Waals surface area contributed by atoms with Gasteiger partial charge in [-0.05, 0) is 26.3 Å². The standard InChI is InChI=1S/C22H27ClN4O3/c1-4-17-18-20(28)21(29)19(15-7-5-6-8-16(15)23)24-22(18)27(25-17)10-9-26-11-13(2)30-14(3)12-26/h5-8,13-14,29H,4,9-12H2,1-3H3,(H,24,28)/t13-,14+. The molecule has 3 heterocycles. The number of aromatic amines is 1. The zero-order chi connectivity index (χ0) is 21.4. The molecule has 2 N–H and O–H groups in total. The first-order valence-electron chi connectivity index (χ1n) is 10.4. The Morgan fingerprint density at radius 1 is 1.23 bits per heavy atom. The highest BCUT2D eigenvalue weighted by atomic mass is 35.5. The molecular weight excluding hydrogens is 404 g/mol. The first kappa shape index (κ1) is 20.9. The van der Waals surface area contributed by atoms with Gasteiger partial charge in [-0.25, -0.2) is 4.68 Å². The quantitative estimate of drug-likeness (QED) is 0.648. The Morgan fingerprint density at radius 3 is 2.60 bits per heavy atom. The lowest BCUT2D eigenvalue weighted by molar-refractivity contribution is -0.0686. The third kappa shape index (κ3) is 3.85. The van der Waals surface area contributed by atoms with E-state index in [4.69, 9.17) is 16.3 Å². The Hall–Kier alpha value is -2.35. The number of benzene rings is 1. The van der Waals surface area contributed by atoms with Gasteiger partial charge in [0, 0.05) is 25.2 Å². The number of aromatic hydroxyl groups is 1. The van der Waals surface area contributed by atoms with Crippen LogP contribution in [0, 0.1) is 0 Å². The number of hydrogen-bond donors (Lipinski definition) is 2. The van der Waals surface area contributed by atoms with Crippen molar-refractivity contribution in [2.45, 2.75) is 45.9 Å². The number of nitrogens with zero attached hydrogens (tertiary/aromatic N) is 3. The van der Waals surface area contributed by atoms with Gasteiger partial charge in [-0.2, -0.15) is 5.10 Å². The second-order valence-corrected chi connectivity index (χ2v) is 8.33. The summed E-state index contributed by atoms with van der Waals surface area (Å²) >= 11 is 6.32. The van der Waals surface area contributed by atoms with Gasteiger partial charge in [0.2, 0.25) is 5.43 Å². The average Bonchev–Trinajstić information content (AvgIpc) is 3.07. The van der Waals surface area contributed by atoms with Gasteiger partial charge in [-0.3, -0.25) is 9.69 Å². The summed E-state index contributed by atoms with van der Waals surface area (Å²) in [5.74, 6) is -0.333. The van der Waals surface area contributed by atoms with Crippen LogP contribution in [0.1, 0.15) is 26.5 Å². The van der Waals surface area contributed by atoms with Crippen LogP contribution in [0.2, 0.25) is 5.02 Å². The molecular formula is C22H27ClN4O3. The topological polar surface area (TPSA) is 83.4 Å². The predicted molar refractivity (Wildman–Crippen MR) is 118 cm³/mol. The molecule has 0 saturated carbocycles. The lowest BCUT2D eigenvalue weighted by Gasteiger charge is -2.35. The van der Waals surface area contributed by atoms with Gasteiger partial charge in [0.05, 0.1) is 40.5 Å². The zero-order valence-corrected chi connectivity index (χ0v) is 18.2. The highest BCUT2D eigenvalue weighted by Crippen LogP contribution is 2.32. The van der Waals surface area contributed by atoms with Crippen molar-refractivity contribution in [2.75, 3.05) is 19.6 Å². The average molecular weight is 431 g/mol. The summed E-state index contributed by atoms with van der Waals surface area (Å²) in [4.78, 5) is 18.6. The number of aromatic nitrogens is 3. The number of rotatable bonds is 5. The van der Waals surface area contributed by atoms with Gasteiger partial charge in [-0.15, -0.1) is 0 Å². The van der Waals surface area contributed by atoms with Crippen molar-refractivity contribution in [1.29, 1.82) is 0 Å². The predicted octanol–water partition coefficient (Wildman–Crippen LogP) is 3.42. The van der Waals surface area contributed by atoms with Gasteiger partial charge in [0.15, 0.2) is 5.75 Å². The molecule has 0 aliphatic carbocycles. The van der Waals surface area contributed by atoms with Crippen molar-refractivity contribution in [3.63, 3.8) is 0 Å². The van der Waals surface area contributed by atoms with Crippen molar-refractivity contribution in [1.82, 2.24) is 19.7 Å². The number of morpholine rings is 1. The number of fused-ring (bicyclic) bond motifs is 1. The largest absolute Gasteiger partial charge is 0.503 e. The lowest BCUT2D eigenvalue weighted by Crippen LogP contribution is -2.46. The number of nitrogens with one attached hydrogen (secondary N) is 1. The van der Waals surface area contributed by atoms with Crippen molar-refractivity contribution >= 4 is 22.6 Å². The fourth-order valence-electron chi connectivity index (χ4n) is 4.26. The molecule has 0 spiro atoms. The number of halogens is 1. The molecule has 3 aromatic rings. The fourth-order valence-corrected chi connectivity index (χ4v) is 4.49. The highest BCUT2D eigenvalue weighted by Gasteiger charge is 2.24. The van der Waals surface area contributed by atoms with Crippen LogP contribution >= 0.6 is 11.6 Å². The van der Waals surface area contributed by atoms with E-state index in [0.29, 0.717) is 46.0 Å². The molecule has 1 aliphatic heterocycles. The maximum absolute atomic E-state index is 13.0. The van der Waals surface area contributed by atoms with E-state index in [1.807, 2.05) is 23.7 Å². The smallest absolute Gasteiger partial charge is 0.235 e. The van der Waals surface area contributed by atoms with Gasteiger partial charge in [0.25, 0.3) is 0 Å². The summed E-state index contributed by atoms with van der Waals surface area (Å²) in [7, 11) is 0. The number of pyridine rings is 1. The summed E-state index contributed by atoms with van der Waals surface area (Å²) in [6.07, 6.45) is 0.985. The Labute approximate surface area is 180 Å². The molecule has 2 aromatic heterocycles. The van der Waals surface area contributed by atoms with E-state index in [9.17, 15) is 9.90 Å². The fraction of sp³-hybridized carbons (Fsp3) is 0.455. The second-order valence-electron chi connectivity index (χ2n) is 7.92. The third-order valence-electron chi connectivity index (χ3n) is 5.55. The molecule has 2 atom stereocenters. The Balaban J connectivity index is 1.75. The molecule has 4 rings (SSSR count). The first-order valence-corrected chi connectivity index (χ1v) is 10.7. The minimum absolute atomic E-state index is 0.192. The van der Waals surface area contributed by atoms with E-state index in [2.05, 4.69) is 28.8 Å². The Kier molecular flexibility index (Phi) is 5.86. The molecule has 1 saturated heterocycles. The summed E-state index contributed by atoms with van der Waals surface area (Å²) in [5, 5.41) is 16.2. The van der Waals surface area contributed by atoms with E-state index in [1.165, 1.54) is 0 Å². The minimum atomic E-state index is -0.421. The molecule has 8 heteroatoms. The molecule has 0 radical (unpaired) electrons. The number of H-pyrrole nitrogens is 1. The van der Waals surface area contributed by atoms with Crippen LogP contribution in [-0.4, -0.2) is 56.6 Å². The summed E-state index contributed by atoms with van der Waals surface area (Å²) < 4.78 is 7.65. The van der Waals surface area contributed by atoms with Gasteiger partial charge < -0.3 is 14.8 Å². The molecule has 1 aliphatic rings. The van der Waals surface area contributed by atoms with Crippen LogP contribution in [0.4, 0.5) is 0 Å². The third-order valence-corrected chi connectivity index (χ3v) is 5.88. The molecule has 0 unspecified atom stereocenters. The molecule has 0 amide bonds. The van der Waals surface area contributed by atoms with E-state index >= 15 is 0 Å². The number of ether oxygens (including phenoxy) is 1. The van der Waals surface area contributed by atoms with E-state index in [-0.39, 0.29) is 18.0 Å². The van der Waals surface area contributed by atoms with Crippen molar-refractivity contribution in [2.24, 2.45) is 0 Å². The van der Waals surface area contributed by atoms with Crippen molar-refractivity contribution in [3.8, 4) is 17.0 Å². The summed E-state index contributed by atoms with van der Waals surface area (Å²) in [6, 6.07) is 7.13. The molecule has 1 fully saturated rings. The second kappa shape index (κ2) is 8.41. The molecule has 7 nitrogen and oxygen atoms in total. The zero-order valence-electron chi connectivity index (χ0n) is 17.5. The van der Waals surface area contributed by atoms with Gasteiger partial charge in [0.1, 0.15) is 5.65 Å². The molecule has 1 aromatic carbocycles. The van der Waals surface area contributed by atoms with Crippen LogP contribution in [0.5, 0.6) is 5.75 Å². The minimum Gasteiger partial charge on any atom is -0.503 e. The highest BCUT2D eigenvalue weighted by molar-refractivity contribution is 6.33. The van der Waals surface area contributed by atoms with Crippen LogP contribution < -0.4 is 5.43 Å². The van der Waals surface area contributed by atoms with Crippen molar-refractivity contribution < 1.29 is 9.84 Å². The number of aryl methyl sites for hydroxylation is 1. The SMILES string of the molecule is CCc1nn(CCN2C[C@@H](C)O[C@@H](C)C2)c2[nH]c(-c3ccccc3Cl)c(O)c(=O)c12. The van der Waals surface area contributed by atoms with E-state index in [1.54, 1.807) is 12.1 Å². The van der Waals surface area contributed by atoms with Crippen LogP contribution in [-0.2, 0) is 17.7 Å². The van der Waals surface area contributed by atoms with E-state index in [0.717, 1.165) is 19.6 Å². The maximum Gasteiger partial charge on any atom is 0.235 e. The van der Waals surface area contributed by atoms with Gasteiger partial charge in [-0.1, -0.05) is 36.7 Å². The van der Waals surface area contributed by atoms with Crippen LogP contribution in [0.15, 0.2) is 29.1 Å². The maximum atomic E-state index is 13.0. The molecule has 0 bridgehead atoms. The van der Waals surface area contributed by atoms with E-state index < -0.39 is 5.43 Å². The normalized spacial score (nSPS) is 20.1. The Morgan fingerprint density at radius 2 is 1.93 bits per heavy atom. The van der Waals surface area contributed by atoms with Gasteiger partial charge >= 0.3 is 0 Å². The monoisotopic (exact) mass is 430 g/mol. The number of hydrogen-bond acceptors (Lipinski definition) is 5. The summed E-state index contributed by atoms with van der Waals surface area (Å²) in [5.41, 5.74) is 1.76. The van der Waals surface area contributed by atoms with Crippen LogP contribution in [0.3, 0.4) is 0 Å². The Bertz CT molecular complexity index is 1110. The van der Waals surface area contributed by atoms with Crippen LogP contribution in [0.25, 0.3) is 22.3 Å². The molecule has 30 heavy (non-hydrogen) atoms.